The Labute approximate surface area is 110 Å². The number of carbonyl (C=O) groups excluding carboxylic acids is 1. The number of nitrogens with one attached hydrogen (secondary N) is 1. The molecule has 0 saturated carbocycles. The fourth-order valence-corrected chi connectivity index (χ4v) is 2.98. The van der Waals surface area contributed by atoms with Crippen LogP contribution in [0.2, 0.25) is 0 Å². The Bertz CT molecular complexity index is 580. The third kappa shape index (κ3) is 2.23. The number of rotatable bonds is 2. The van der Waals surface area contributed by atoms with E-state index >= 15 is 0 Å². The summed E-state index contributed by atoms with van der Waals surface area (Å²) >= 11 is 1.59. The highest BCUT2D eigenvalue weighted by Crippen LogP contribution is 2.19. The summed E-state index contributed by atoms with van der Waals surface area (Å²) in [4.78, 5) is 18.6. The second-order valence-corrected chi connectivity index (χ2v) is 5.64. The maximum Gasteiger partial charge on any atom is 0.251 e. The number of fused-ring (bicyclic) bond motifs is 1. The molecule has 0 aliphatic carbocycles. The van der Waals surface area contributed by atoms with Gasteiger partial charge in [-0.05, 0) is 38.2 Å². The molecule has 5 heteroatoms. The van der Waals surface area contributed by atoms with Crippen LogP contribution in [0.5, 0.6) is 0 Å². The molecule has 1 amide bonds. The van der Waals surface area contributed by atoms with Gasteiger partial charge in [0.05, 0.1) is 15.7 Å². The van der Waals surface area contributed by atoms with Crippen molar-refractivity contribution in [2.45, 2.75) is 12.5 Å². The zero-order valence-electron chi connectivity index (χ0n) is 10.2. The van der Waals surface area contributed by atoms with Crippen molar-refractivity contribution < 1.29 is 4.79 Å². The van der Waals surface area contributed by atoms with E-state index in [2.05, 4.69) is 22.2 Å². The highest BCUT2D eigenvalue weighted by Gasteiger charge is 2.21. The Morgan fingerprint density at radius 1 is 1.56 bits per heavy atom. The van der Waals surface area contributed by atoms with Crippen LogP contribution in [0.25, 0.3) is 10.2 Å². The molecule has 1 N–H and O–H groups in total. The van der Waals surface area contributed by atoms with E-state index < -0.39 is 0 Å². The second-order valence-electron chi connectivity index (χ2n) is 4.76. The molecule has 1 aromatic carbocycles. The number of likely N-dealkylation sites (tertiary alicyclic amines) is 1. The summed E-state index contributed by atoms with van der Waals surface area (Å²) in [5.74, 6) is 0.00481. The minimum Gasteiger partial charge on any atom is -0.348 e. The maximum absolute atomic E-state index is 12.1. The van der Waals surface area contributed by atoms with Crippen LogP contribution in [0.1, 0.15) is 16.8 Å². The van der Waals surface area contributed by atoms with Crippen molar-refractivity contribution in [3.63, 3.8) is 0 Å². The van der Waals surface area contributed by atoms with Crippen LogP contribution in [0, 0.1) is 0 Å². The quantitative estimate of drug-likeness (QED) is 0.895. The Hall–Kier alpha value is -1.46. The van der Waals surface area contributed by atoms with E-state index in [1.165, 1.54) is 0 Å². The normalized spacial score (nSPS) is 20.4. The number of benzene rings is 1. The Kier molecular flexibility index (Phi) is 3.01. The van der Waals surface area contributed by atoms with Gasteiger partial charge in [0.15, 0.2) is 0 Å². The lowest BCUT2D eigenvalue weighted by Gasteiger charge is -2.12. The third-order valence-corrected chi connectivity index (χ3v) is 4.13. The van der Waals surface area contributed by atoms with Gasteiger partial charge in [-0.3, -0.25) is 4.79 Å². The fourth-order valence-electron chi connectivity index (χ4n) is 2.32. The fraction of sp³-hybridized carbons (Fsp3) is 0.385. The summed E-state index contributed by atoms with van der Waals surface area (Å²) in [6.45, 7) is 1.99. The van der Waals surface area contributed by atoms with Crippen LogP contribution in [-0.2, 0) is 0 Å². The highest BCUT2D eigenvalue weighted by atomic mass is 32.1. The van der Waals surface area contributed by atoms with Crippen molar-refractivity contribution in [3.05, 3.63) is 29.3 Å². The van der Waals surface area contributed by atoms with E-state index in [4.69, 9.17) is 0 Å². The standard InChI is InChI=1S/C13H15N3OS/c1-16-5-4-10(7-16)15-13(17)9-2-3-12-11(6-9)14-8-18-12/h2-3,6,8,10H,4-5,7H2,1H3,(H,15,17). The molecule has 1 fully saturated rings. The minimum atomic E-state index is 0.00481. The topological polar surface area (TPSA) is 45.2 Å². The molecule has 4 nitrogen and oxygen atoms in total. The predicted molar refractivity (Wildman–Crippen MR) is 73.0 cm³/mol. The second kappa shape index (κ2) is 4.66. The molecule has 1 aromatic heterocycles. The number of hydrogen-bond acceptors (Lipinski definition) is 4. The van der Waals surface area contributed by atoms with E-state index in [1.54, 1.807) is 16.8 Å². The van der Waals surface area contributed by atoms with E-state index in [0.717, 1.165) is 29.7 Å². The van der Waals surface area contributed by atoms with Crippen molar-refractivity contribution in [3.8, 4) is 0 Å². The Morgan fingerprint density at radius 3 is 3.22 bits per heavy atom. The average Bonchev–Trinajstić information content (AvgIpc) is 2.96. The van der Waals surface area contributed by atoms with Gasteiger partial charge in [0.2, 0.25) is 0 Å². The van der Waals surface area contributed by atoms with Crippen LogP contribution in [-0.4, -0.2) is 42.0 Å². The van der Waals surface area contributed by atoms with Crippen LogP contribution in [0.3, 0.4) is 0 Å². The summed E-state index contributed by atoms with van der Waals surface area (Å²) < 4.78 is 1.12. The lowest BCUT2D eigenvalue weighted by Crippen LogP contribution is -2.36. The summed E-state index contributed by atoms with van der Waals surface area (Å²) in [7, 11) is 2.08. The van der Waals surface area contributed by atoms with Crippen molar-refractivity contribution in [2.24, 2.45) is 0 Å². The predicted octanol–water partition coefficient (Wildman–Crippen LogP) is 1.73. The number of hydrogen-bond donors (Lipinski definition) is 1. The first-order chi connectivity index (χ1) is 8.72. The van der Waals surface area contributed by atoms with Crippen molar-refractivity contribution >= 4 is 27.5 Å². The van der Waals surface area contributed by atoms with Crippen LogP contribution < -0.4 is 5.32 Å². The molecular formula is C13H15N3OS. The first-order valence-electron chi connectivity index (χ1n) is 6.05. The Balaban J connectivity index is 1.75. The van der Waals surface area contributed by atoms with E-state index in [0.29, 0.717) is 5.56 Å². The number of likely N-dealkylation sites (N-methyl/N-ethyl adjacent to an activating group) is 1. The number of carbonyl (C=O) groups is 1. The van der Waals surface area contributed by atoms with Gasteiger partial charge in [-0.2, -0.15) is 0 Å². The van der Waals surface area contributed by atoms with Gasteiger partial charge in [0.1, 0.15) is 0 Å². The molecule has 0 radical (unpaired) electrons. The molecule has 2 aromatic rings. The number of aromatic nitrogens is 1. The molecule has 0 bridgehead atoms. The van der Waals surface area contributed by atoms with Gasteiger partial charge in [-0.1, -0.05) is 0 Å². The number of nitrogens with zero attached hydrogens (tertiary/aromatic N) is 2. The van der Waals surface area contributed by atoms with E-state index in [-0.39, 0.29) is 11.9 Å². The molecule has 1 aliphatic heterocycles. The molecule has 3 rings (SSSR count). The molecule has 94 valence electrons. The Morgan fingerprint density at radius 2 is 2.44 bits per heavy atom. The summed E-state index contributed by atoms with van der Waals surface area (Å²) in [6, 6.07) is 5.96. The molecule has 2 heterocycles. The first-order valence-corrected chi connectivity index (χ1v) is 6.93. The van der Waals surface area contributed by atoms with E-state index in [9.17, 15) is 4.79 Å². The van der Waals surface area contributed by atoms with Crippen molar-refractivity contribution in [1.82, 2.24) is 15.2 Å². The monoisotopic (exact) mass is 261 g/mol. The van der Waals surface area contributed by atoms with Crippen LogP contribution in [0.15, 0.2) is 23.7 Å². The summed E-state index contributed by atoms with van der Waals surface area (Å²) in [5, 5.41) is 3.08. The molecule has 1 unspecified atom stereocenters. The summed E-state index contributed by atoms with van der Waals surface area (Å²) in [6.07, 6.45) is 1.03. The summed E-state index contributed by atoms with van der Waals surface area (Å²) in [5.41, 5.74) is 3.40. The largest absolute Gasteiger partial charge is 0.348 e. The SMILES string of the molecule is CN1CCC(NC(=O)c2ccc3scnc3c2)C1. The first kappa shape index (κ1) is 11.6. The van der Waals surface area contributed by atoms with Crippen LogP contribution >= 0.6 is 11.3 Å². The van der Waals surface area contributed by atoms with Gasteiger partial charge in [0, 0.05) is 18.2 Å². The third-order valence-electron chi connectivity index (χ3n) is 3.32. The minimum absolute atomic E-state index is 0.00481. The number of thiazole rings is 1. The van der Waals surface area contributed by atoms with Gasteiger partial charge in [-0.15, -0.1) is 11.3 Å². The zero-order valence-corrected chi connectivity index (χ0v) is 11.0. The van der Waals surface area contributed by atoms with Gasteiger partial charge in [-0.25, -0.2) is 4.98 Å². The molecule has 1 aliphatic rings. The molecular weight excluding hydrogens is 246 g/mol. The molecule has 0 spiro atoms. The number of amides is 1. The molecule has 18 heavy (non-hydrogen) atoms. The van der Waals surface area contributed by atoms with Crippen molar-refractivity contribution in [2.75, 3.05) is 20.1 Å². The van der Waals surface area contributed by atoms with Crippen molar-refractivity contribution in [1.29, 1.82) is 0 Å². The van der Waals surface area contributed by atoms with E-state index in [1.807, 2.05) is 18.2 Å². The highest BCUT2D eigenvalue weighted by molar-refractivity contribution is 7.16. The van der Waals surface area contributed by atoms with Gasteiger partial charge in [0.25, 0.3) is 5.91 Å². The van der Waals surface area contributed by atoms with Gasteiger partial charge < -0.3 is 10.2 Å². The lowest BCUT2D eigenvalue weighted by atomic mass is 10.1. The van der Waals surface area contributed by atoms with Crippen LogP contribution in [0.4, 0.5) is 0 Å². The smallest absolute Gasteiger partial charge is 0.251 e. The van der Waals surface area contributed by atoms with Gasteiger partial charge >= 0.3 is 0 Å². The maximum atomic E-state index is 12.1. The lowest BCUT2D eigenvalue weighted by molar-refractivity contribution is 0.0938. The average molecular weight is 261 g/mol. The molecule has 1 saturated heterocycles. The molecule has 1 atom stereocenters. The zero-order chi connectivity index (χ0) is 12.5.